The van der Waals surface area contributed by atoms with E-state index < -0.39 is 33.3 Å². The lowest BCUT2D eigenvalue weighted by molar-refractivity contribution is -0.141. The number of carbonyl (C=O) groups is 2. The van der Waals surface area contributed by atoms with E-state index in [1.807, 2.05) is 61.5 Å². The minimum absolute atomic E-state index is 0.0314. The van der Waals surface area contributed by atoms with Gasteiger partial charge in [-0.05, 0) is 50.8 Å². The van der Waals surface area contributed by atoms with Crippen LogP contribution in [0.3, 0.4) is 0 Å². The molecule has 0 unspecified atom stereocenters. The second-order valence-corrected chi connectivity index (χ2v) is 12.3. The van der Waals surface area contributed by atoms with E-state index in [-0.39, 0.29) is 25.3 Å². The van der Waals surface area contributed by atoms with Crippen LogP contribution in [-0.4, -0.2) is 73.8 Å². The third kappa shape index (κ3) is 6.64. The van der Waals surface area contributed by atoms with E-state index in [0.29, 0.717) is 6.54 Å². The summed E-state index contributed by atoms with van der Waals surface area (Å²) in [6.07, 6.45) is 0.793. The van der Waals surface area contributed by atoms with Crippen LogP contribution in [0.5, 0.6) is 0 Å². The van der Waals surface area contributed by atoms with Crippen LogP contribution < -0.4 is 4.72 Å². The summed E-state index contributed by atoms with van der Waals surface area (Å²) in [4.78, 5) is 30.4. The van der Waals surface area contributed by atoms with Crippen molar-refractivity contribution in [1.82, 2.24) is 14.5 Å². The quantitative estimate of drug-likeness (QED) is 0.607. The van der Waals surface area contributed by atoms with Gasteiger partial charge in [0.05, 0.1) is 6.26 Å². The molecule has 1 aliphatic heterocycles. The van der Waals surface area contributed by atoms with E-state index in [1.165, 1.54) is 4.90 Å². The highest BCUT2D eigenvalue weighted by Crippen LogP contribution is 2.37. The zero-order valence-corrected chi connectivity index (χ0v) is 22.8. The molecular formula is C27H37N3O5S. The number of hydrogen-bond acceptors (Lipinski definition) is 5. The predicted molar refractivity (Wildman–Crippen MR) is 141 cm³/mol. The Morgan fingerprint density at radius 3 is 2.33 bits per heavy atom. The SMILES string of the molecule is CCN(C)C(=O)[C@]1(Cc2cccc(-c3ccccc3)c2)C[C@@H](NS(C)(=O)=O)CN1C(=O)OC(C)(C)C. The van der Waals surface area contributed by atoms with Gasteiger partial charge in [-0.25, -0.2) is 17.9 Å². The molecule has 0 radical (unpaired) electrons. The van der Waals surface area contributed by atoms with Crippen LogP contribution in [0.1, 0.15) is 39.7 Å². The van der Waals surface area contributed by atoms with Gasteiger partial charge in [0, 0.05) is 32.6 Å². The summed E-state index contributed by atoms with van der Waals surface area (Å²) >= 11 is 0. The first-order valence-corrected chi connectivity index (χ1v) is 14.0. The average molecular weight is 516 g/mol. The first-order valence-electron chi connectivity index (χ1n) is 12.1. The van der Waals surface area contributed by atoms with Gasteiger partial charge < -0.3 is 9.64 Å². The van der Waals surface area contributed by atoms with Crippen LogP contribution in [0.2, 0.25) is 0 Å². The van der Waals surface area contributed by atoms with Crippen molar-refractivity contribution >= 4 is 22.0 Å². The fourth-order valence-electron chi connectivity index (χ4n) is 4.70. The number of nitrogens with zero attached hydrogens (tertiary/aromatic N) is 2. The van der Waals surface area contributed by atoms with Gasteiger partial charge in [0.1, 0.15) is 11.1 Å². The number of hydrogen-bond donors (Lipinski definition) is 1. The summed E-state index contributed by atoms with van der Waals surface area (Å²) in [5.74, 6) is -0.251. The molecule has 1 aliphatic rings. The second kappa shape index (κ2) is 10.6. The van der Waals surface area contributed by atoms with Crippen LogP contribution in [0.4, 0.5) is 4.79 Å². The third-order valence-corrected chi connectivity index (χ3v) is 7.01. The number of likely N-dealkylation sites (tertiary alicyclic amines) is 1. The van der Waals surface area contributed by atoms with Gasteiger partial charge in [0.15, 0.2) is 0 Å². The van der Waals surface area contributed by atoms with Gasteiger partial charge >= 0.3 is 6.09 Å². The first-order chi connectivity index (χ1) is 16.7. The largest absolute Gasteiger partial charge is 0.444 e. The Balaban J connectivity index is 2.10. The maximum Gasteiger partial charge on any atom is 0.411 e. The average Bonchev–Trinajstić information content (AvgIpc) is 3.15. The zero-order chi connectivity index (χ0) is 26.7. The van der Waals surface area contributed by atoms with Crippen molar-refractivity contribution in [2.45, 2.75) is 57.7 Å². The lowest BCUT2D eigenvalue weighted by Gasteiger charge is -2.40. The summed E-state index contributed by atoms with van der Waals surface area (Å²) in [6, 6.07) is 17.2. The number of amides is 2. The summed E-state index contributed by atoms with van der Waals surface area (Å²) in [6.45, 7) is 7.62. The van der Waals surface area contributed by atoms with Gasteiger partial charge in [0.25, 0.3) is 0 Å². The Kier molecular flexibility index (Phi) is 8.15. The number of nitrogens with one attached hydrogen (secondary N) is 1. The Bertz CT molecular complexity index is 1190. The summed E-state index contributed by atoms with van der Waals surface area (Å²) < 4.78 is 32.5. The van der Waals surface area contributed by atoms with Crippen LogP contribution in [0, 0.1) is 0 Å². The van der Waals surface area contributed by atoms with E-state index >= 15 is 0 Å². The molecule has 196 valence electrons. The maximum absolute atomic E-state index is 13.9. The van der Waals surface area contributed by atoms with Crippen LogP contribution in [0.15, 0.2) is 54.6 Å². The molecule has 1 N–H and O–H groups in total. The standard InChI is InChI=1S/C27H37N3O5S/c1-7-29(5)24(31)27(17-20-12-11-15-22(16-20)21-13-9-8-10-14-21)18-23(28-36(6,33)34)19-30(27)25(32)35-26(2,3)4/h8-16,23,28H,7,17-19H2,1-6H3/t23-,27+/m1/s1. The van der Waals surface area contributed by atoms with E-state index in [0.717, 1.165) is 22.9 Å². The fraction of sp³-hybridized carbons (Fsp3) is 0.481. The second-order valence-electron chi connectivity index (χ2n) is 10.5. The van der Waals surface area contributed by atoms with Crippen LogP contribution >= 0.6 is 0 Å². The molecule has 0 aromatic heterocycles. The molecule has 1 heterocycles. The molecule has 2 atom stereocenters. The summed E-state index contributed by atoms with van der Waals surface area (Å²) in [5.41, 5.74) is 0.801. The number of ether oxygens (including phenoxy) is 1. The van der Waals surface area contributed by atoms with Crippen molar-refractivity contribution in [1.29, 1.82) is 0 Å². The van der Waals surface area contributed by atoms with Gasteiger partial charge in [-0.15, -0.1) is 0 Å². The zero-order valence-electron chi connectivity index (χ0n) is 21.9. The molecule has 1 saturated heterocycles. The number of carbonyl (C=O) groups excluding carboxylic acids is 2. The number of likely N-dealkylation sites (N-methyl/N-ethyl adjacent to an activating group) is 1. The molecule has 0 aliphatic carbocycles. The van der Waals surface area contributed by atoms with Gasteiger partial charge in [-0.2, -0.15) is 0 Å². The molecule has 2 aromatic carbocycles. The molecule has 0 bridgehead atoms. The van der Waals surface area contributed by atoms with E-state index in [1.54, 1.807) is 32.7 Å². The van der Waals surface area contributed by atoms with Crippen molar-refractivity contribution in [2.24, 2.45) is 0 Å². The van der Waals surface area contributed by atoms with Crippen molar-refractivity contribution in [3.63, 3.8) is 0 Å². The lowest BCUT2D eigenvalue weighted by Crippen LogP contribution is -2.59. The van der Waals surface area contributed by atoms with E-state index in [9.17, 15) is 18.0 Å². The van der Waals surface area contributed by atoms with Crippen molar-refractivity contribution in [3.05, 3.63) is 60.2 Å². The highest BCUT2D eigenvalue weighted by Gasteiger charge is 2.55. The lowest BCUT2D eigenvalue weighted by atomic mass is 9.85. The maximum atomic E-state index is 13.9. The van der Waals surface area contributed by atoms with Crippen LogP contribution in [0.25, 0.3) is 11.1 Å². The number of sulfonamides is 1. The summed E-state index contributed by atoms with van der Waals surface area (Å²) in [7, 11) is -1.87. The fourth-order valence-corrected chi connectivity index (χ4v) is 5.46. The Morgan fingerprint density at radius 2 is 1.75 bits per heavy atom. The van der Waals surface area contributed by atoms with Crippen LogP contribution in [-0.2, 0) is 26.0 Å². The Morgan fingerprint density at radius 1 is 1.11 bits per heavy atom. The minimum atomic E-state index is -3.56. The molecule has 0 saturated carbocycles. The van der Waals surface area contributed by atoms with Crippen molar-refractivity contribution in [2.75, 3.05) is 26.4 Å². The smallest absolute Gasteiger partial charge is 0.411 e. The van der Waals surface area contributed by atoms with Gasteiger partial charge in [0.2, 0.25) is 15.9 Å². The van der Waals surface area contributed by atoms with E-state index in [2.05, 4.69) is 4.72 Å². The summed E-state index contributed by atoms with van der Waals surface area (Å²) in [5, 5.41) is 0. The molecule has 0 spiro atoms. The molecule has 36 heavy (non-hydrogen) atoms. The molecule has 1 fully saturated rings. The monoisotopic (exact) mass is 515 g/mol. The van der Waals surface area contributed by atoms with Crippen molar-refractivity contribution < 1.29 is 22.7 Å². The molecular weight excluding hydrogens is 478 g/mol. The Hall–Kier alpha value is -2.91. The highest BCUT2D eigenvalue weighted by atomic mass is 32.2. The van der Waals surface area contributed by atoms with Crippen molar-refractivity contribution in [3.8, 4) is 11.1 Å². The normalized spacial score (nSPS) is 20.3. The molecule has 8 nitrogen and oxygen atoms in total. The molecule has 9 heteroatoms. The topological polar surface area (TPSA) is 96.0 Å². The highest BCUT2D eigenvalue weighted by molar-refractivity contribution is 7.88. The number of rotatable bonds is 7. The Labute approximate surface area is 214 Å². The predicted octanol–water partition coefficient (Wildman–Crippen LogP) is 3.67. The molecule has 2 aromatic rings. The molecule has 3 rings (SSSR count). The first kappa shape index (κ1) is 27.7. The van der Waals surface area contributed by atoms with Gasteiger partial charge in [-0.3, -0.25) is 9.69 Å². The minimum Gasteiger partial charge on any atom is -0.444 e. The van der Waals surface area contributed by atoms with Gasteiger partial charge in [-0.1, -0.05) is 54.6 Å². The third-order valence-electron chi connectivity index (χ3n) is 6.25. The number of benzene rings is 2. The van der Waals surface area contributed by atoms with E-state index in [4.69, 9.17) is 4.74 Å². The molecule has 2 amide bonds.